The molecule has 3 rings (SSSR count). The molecule has 0 aliphatic heterocycles. The van der Waals surface area contributed by atoms with Gasteiger partial charge in [0, 0.05) is 23.7 Å². The Kier molecular flexibility index (Phi) is 3.50. The normalized spacial score (nSPS) is 13.3. The molecule has 0 fully saturated rings. The van der Waals surface area contributed by atoms with Gasteiger partial charge in [0.05, 0.1) is 12.8 Å². The fourth-order valence-electron chi connectivity index (χ4n) is 2.51. The predicted molar refractivity (Wildman–Crippen MR) is 78.1 cm³/mol. The quantitative estimate of drug-likeness (QED) is 0.848. The smallest absolute Gasteiger partial charge is 0.163 e. The number of benzene rings is 1. The summed E-state index contributed by atoms with van der Waals surface area (Å²) in [5.74, 6) is 1.05. The van der Waals surface area contributed by atoms with E-state index in [0.29, 0.717) is 13.0 Å². The molecular formula is C17H17NO2. The van der Waals surface area contributed by atoms with Gasteiger partial charge >= 0.3 is 0 Å². The van der Waals surface area contributed by atoms with Crippen LogP contribution in [-0.4, -0.2) is 17.4 Å². The van der Waals surface area contributed by atoms with Crippen LogP contribution in [0.3, 0.4) is 0 Å². The zero-order valence-corrected chi connectivity index (χ0v) is 11.6. The van der Waals surface area contributed by atoms with Crippen LogP contribution in [0.25, 0.3) is 11.1 Å². The Bertz CT molecular complexity index is 649. The van der Waals surface area contributed by atoms with E-state index in [-0.39, 0.29) is 5.78 Å². The highest BCUT2D eigenvalue weighted by atomic mass is 16.5. The summed E-state index contributed by atoms with van der Waals surface area (Å²) in [5, 5.41) is 0. The molecule has 20 heavy (non-hydrogen) atoms. The molecule has 1 aromatic heterocycles. The first-order chi connectivity index (χ1) is 9.78. The third-order valence-electron chi connectivity index (χ3n) is 3.55. The Morgan fingerprint density at radius 2 is 2.05 bits per heavy atom. The van der Waals surface area contributed by atoms with E-state index < -0.39 is 0 Å². The summed E-state index contributed by atoms with van der Waals surface area (Å²) in [5.41, 5.74) is 4.14. The molecule has 1 aromatic carbocycles. The molecule has 0 atom stereocenters. The van der Waals surface area contributed by atoms with E-state index in [4.69, 9.17) is 4.74 Å². The lowest BCUT2D eigenvalue weighted by Crippen LogP contribution is -1.96. The number of hydrogen-bond acceptors (Lipinski definition) is 3. The predicted octanol–water partition coefficient (Wildman–Crippen LogP) is 3.67. The largest absolute Gasteiger partial charge is 0.492 e. The van der Waals surface area contributed by atoms with Gasteiger partial charge in [-0.3, -0.25) is 9.78 Å². The first kappa shape index (κ1) is 12.9. The van der Waals surface area contributed by atoms with E-state index >= 15 is 0 Å². The third kappa shape index (κ3) is 2.44. The second-order valence-electron chi connectivity index (χ2n) is 5.05. The molecular weight excluding hydrogens is 250 g/mol. The molecule has 0 unspecified atom stereocenters. The van der Waals surface area contributed by atoms with Gasteiger partial charge in [-0.25, -0.2) is 0 Å². The molecule has 1 aliphatic carbocycles. The number of pyridine rings is 1. The van der Waals surface area contributed by atoms with E-state index in [0.717, 1.165) is 40.8 Å². The fourth-order valence-corrected chi connectivity index (χ4v) is 2.51. The molecule has 0 saturated heterocycles. The second-order valence-corrected chi connectivity index (χ2v) is 5.05. The number of aryl methyl sites for hydroxylation is 1. The lowest BCUT2D eigenvalue weighted by molar-refractivity contribution is 0.0994. The Morgan fingerprint density at radius 3 is 2.90 bits per heavy atom. The molecule has 3 nitrogen and oxygen atoms in total. The second kappa shape index (κ2) is 5.45. The summed E-state index contributed by atoms with van der Waals surface area (Å²) >= 11 is 0. The van der Waals surface area contributed by atoms with Crippen molar-refractivity contribution in [2.75, 3.05) is 6.61 Å². The number of Topliss-reactive ketones (excluding diaryl/α,β-unsaturated/α-hetero) is 1. The van der Waals surface area contributed by atoms with Crippen molar-refractivity contribution >= 4 is 5.78 Å². The van der Waals surface area contributed by atoms with E-state index in [1.807, 2.05) is 24.4 Å². The number of hydrogen-bond donors (Lipinski definition) is 0. The first-order valence-corrected chi connectivity index (χ1v) is 7.02. The number of ether oxygens (including phenoxy) is 1. The van der Waals surface area contributed by atoms with Crippen LogP contribution < -0.4 is 4.74 Å². The minimum absolute atomic E-state index is 0.254. The molecule has 0 bridgehead atoms. The van der Waals surface area contributed by atoms with Crippen LogP contribution >= 0.6 is 0 Å². The molecule has 102 valence electrons. The summed E-state index contributed by atoms with van der Waals surface area (Å²) in [4.78, 5) is 15.9. The van der Waals surface area contributed by atoms with Crippen molar-refractivity contribution in [1.29, 1.82) is 0 Å². The zero-order valence-electron chi connectivity index (χ0n) is 11.6. The summed E-state index contributed by atoms with van der Waals surface area (Å²) in [6.45, 7) is 2.78. The van der Waals surface area contributed by atoms with Gasteiger partial charge in [-0.2, -0.15) is 0 Å². The standard InChI is InChI=1S/C17H17NO2/c1-2-7-20-15-9-14(10-18-11-15)12-3-5-16-13(8-12)4-6-17(16)19/h3,5,8-11H,2,4,6-7H2,1H3. The Labute approximate surface area is 118 Å². The van der Waals surface area contributed by atoms with Crippen LogP contribution in [0.5, 0.6) is 5.75 Å². The third-order valence-corrected chi connectivity index (χ3v) is 3.55. The van der Waals surface area contributed by atoms with Gasteiger partial charge < -0.3 is 4.74 Å². The van der Waals surface area contributed by atoms with Gasteiger partial charge in [0.15, 0.2) is 5.78 Å². The topological polar surface area (TPSA) is 39.2 Å². The van der Waals surface area contributed by atoms with E-state index in [9.17, 15) is 4.79 Å². The maximum Gasteiger partial charge on any atom is 0.163 e. The number of fused-ring (bicyclic) bond motifs is 1. The van der Waals surface area contributed by atoms with E-state index in [2.05, 4.69) is 18.0 Å². The van der Waals surface area contributed by atoms with Crippen LogP contribution in [0.15, 0.2) is 36.7 Å². The van der Waals surface area contributed by atoms with Crippen LogP contribution in [-0.2, 0) is 6.42 Å². The highest BCUT2D eigenvalue weighted by molar-refractivity contribution is 6.00. The lowest BCUT2D eigenvalue weighted by atomic mass is 10.0. The van der Waals surface area contributed by atoms with Crippen molar-refractivity contribution in [2.45, 2.75) is 26.2 Å². The minimum Gasteiger partial charge on any atom is -0.492 e. The molecule has 0 amide bonds. The molecule has 1 heterocycles. The van der Waals surface area contributed by atoms with E-state index in [1.165, 1.54) is 0 Å². The number of rotatable bonds is 4. The number of nitrogens with zero attached hydrogens (tertiary/aromatic N) is 1. The molecule has 0 spiro atoms. The van der Waals surface area contributed by atoms with E-state index in [1.54, 1.807) is 6.20 Å². The molecule has 0 radical (unpaired) electrons. The Balaban J connectivity index is 1.91. The first-order valence-electron chi connectivity index (χ1n) is 7.02. The number of carbonyl (C=O) groups excluding carboxylic acids is 1. The SMILES string of the molecule is CCCOc1cncc(-c2ccc3c(c2)CCC3=O)c1. The van der Waals surface area contributed by atoms with Crippen molar-refractivity contribution in [3.63, 3.8) is 0 Å². The molecule has 3 heteroatoms. The van der Waals surface area contributed by atoms with Crippen molar-refractivity contribution in [3.8, 4) is 16.9 Å². The van der Waals surface area contributed by atoms with Gasteiger partial charge in [-0.15, -0.1) is 0 Å². The van der Waals surface area contributed by atoms with Crippen molar-refractivity contribution in [1.82, 2.24) is 4.98 Å². The highest BCUT2D eigenvalue weighted by Gasteiger charge is 2.19. The maximum atomic E-state index is 11.7. The lowest BCUT2D eigenvalue weighted by Gasteiger charge is -2.08. The summed E-state index contributed by atoms with van der Waals surface area (Å²) in [6, 6.07) is 8.02. The van der Waals surface area contributed by atoms with Gasteiger partial charge in [-0.1, -0.05) is 25.1 Å². The number of carbonyl (C=O) groups is 1. The van der Waals surface area contributed by atoms with Gasteiger partial charge in [0.25, 0.3) is 0 Å². The van der Waals surface area contributed by atoms with Crippen molar-refractivity contribution in [3.05, 3.63) is 47.8 Å². The highest BCUT2D eigenvalue weighted by Crippen LogP contribution is 2.29. The zero-order chi connectivity index (χ0) is 13.9. The van der Waals surface area contributed by atoms with Crippen molar-refractivity contribution in [2.24, 2.45) is 0 Å². The van der Waals surface area contributed by atoms with Crippen LogP contribution in [0.4, 0.5) is 0 Å². The fraction of sp³-hybridized carbons (Fsp3) is 0.294. The van der Waals surface area contributed by atoms with Crippen LogP contribution in [0.2, 0.25) is 0 Å². The number of ketones is 1. The summed E-state index contributed by atoms with van der Waals surface area (Å²) in [6.07, 6.45) is 6.02. The molecule has 0 N–H and O–H groups in total. The maximum absolute atomic E-state index is 11.7. The molecule has 1 aliphatic rings. The van der Waals surface area contributed by atoms with Gasteiger partial charge in [0.1, 0.15) is 5.75 Å². The Morgan fingerprint density at radius 1 is 1.15 bits per heavy atom. The average molecular weight is 267 g/mol. The van der Waals surface area contributed by atoms with Crippen molar-refractivity contribution < 1.29 is 9.53 Å². The molecule has 0 saturated carbocycles. The minimum atomic E-state index is 0.254. The number of aromatic nitrogens is 1. The molecule has 2 aromatic rings. The summed E-state index contributed by atoms with van der Waals surface area (Å²) in [7, 11) is 0. The van der Waals surface area contributed by atoms with Gasteiger partial charge in [0.2, 0.25) is 0 Å². The summed E-state index contributed by atoms with van der Waals surface area (Å²) < 4.78 is 5.61. The van der Waals surface area contributed by atoms with Gasteiger partial charge in [-0.05, 0) is 30.0 Å². The van der Waals surface area contributed by atoms with Crippen LogP contribution in [0.1, 0.15) is 35.7 Å². The average Bonchev–Trinajstić information content (AvgIpc) is 2.86. The van der Waals surface area contributed by atoms with Crippen LogP contribution in [0, 0.1) is 0 Å². The monoisotopic (exact) mass is 267 g/mol. The Hall–Kier alpha value is -2.16.